The molecule has 0 radical (unpaired) electrons. The monoisotopic (exact) mass is 535 g/mol. The lowest BCUT2D eigenvalue weighted by molar-refractivity contribution is -0.324. The summed E-state index contributed by atoms with van der Waals surface area (Å²) in [4.78, 5) is 65.0. The number of ether oxygens (including phenoxy) is 3. The van der Waals surface area contributed by atoms with E-state index in [1.165, 1.54) is 12.1 Å². The summed E-state index contributed by atoms with van der Waals surface area (Å²) in [6, 6.07) is 4.60. The molecule has 0 spiro atoms. The van der Waals surface area contributed by atoms with Crippen molar-refractivity contribution in [3.63, 3.8) is 0 Å². The van der Waals surface area contributed by atoms with Gasteiger partial charge in [-0.1, -0.05) is 31.8 Å². The predicted molar refractivity (Wildman–Crippen MR) is 131 cm³/mol. The van der Waals surface area contributed by atoms with Crippen LogP contribution in [0, 0.1) is 0 Å². The standard InChI is InChI=1S/C25H33NO10Si/c1-14(27)24(32)19(13-35-16(3)29)36-23(34-11-12-37(4,5)6)20(25(24,33)15(2)28)26-21(30)17-9-7-8-10-18(17)22(26)31/h7-10,19-20,23,32-33H,11-13H2,1-6H3/t19-,20+,23-,24+,25-/m1/s1. The first-order valence-corrected chi connectivity index (χ1v) is 15.6. The molecule has 0 aromatic heterocycles. The number of esters is 1. The Hall–Kier alpha value is -2.77. The summed E-state index contributed by atoms with van der Waals surface area (Å²) in [6.45, 7) is 8.57. The highest BCUT2D eigenvalue weighted by molar-refractivity contribution is 6.76. The summed E-state index contributed by atoms with van der Waals surface area (Å²) < 4.78 is 16.8. The Labute approximate surface area is 215 Å². The smallest absolute Gasteiger partial charge is 0.302 e. The fraction of sp³-hybridized carbons (Fsp3) is 0.560. The lowest BCUT2D eigenvalue weighted by Gasteiger charge is -2.55. The van der Waals surface area contributed by atoms with Crippen LogP contribution in [0.1, 0.15) is 41.5 Å². The molecule has 2 amide bonds. The second kappa shape index (κ2) is 10.2. The van der Waals surface area contributed by atoms with Gasteiger partial charge in [0.2, 0.25) is 0 Å². The average Bonchev–Trinajstić information content (AvgIpc) is 3.04. The summed E-state index contributed by atoms with van der Waals surface area (Å²) in [7, 11) is -1.66. The second-order valence-corrected chi connectivity index (χ2v) is 16.2. The molecule has 202 valence electrons. The van der Waals surface area contributed by atoms with Crippen LogP contribution < -0.4 is 0 Å². The zero-order valence-corrected chi connectivity index (χ0v) is 22.8. The van der Waals surface area contributed by atoms with Gasteiger partial charge in [0.15, 0.2) is 29.1 Å². The molecule has 1 saturated heterocycles. The van der Waals surface area contributed by atoms with E-state index in [-0.39, 0.29) is 17.7 Å². The Morgan fingerprint density at radius 1 is 0.973 bits per heavy atom. The Morgan fingerprint density at radius 3 is 1.92 bits per heavy atom. The van der Waals surface area contributed by atoms with Crippen LogP contribution in [-0.2, 0) is 28.6 Å². The number of aliphatic hydroxyl groups is 2. The molecule has 2 aliphatic heterocycles. The number of fused-ring (bicyclic) bond motifs is 1. The van der Waals surface area contributed by atoms with Gasteiger partial charge in [0.25, 0.3) is 11.8 Å². The van der Waals surface area contributed by atoms with E-state index in [4.69, 9.17) is 14.2 Å². The zero-order chi connectivity index (χ0) is 27.9. The number of hydrogen-bond acceptors (Lipinski definition) is 10. The summed E-state index contributed by atoms with van der Waals surface area (Å²) in [5.41, 5.74) is -6.01. The molecule has 1 aromatic rings. The van der Waals surface area contributed by atoms with Crippen LogP contribution >= 0.6 is 0 Å². The Kier molecular flexibility index (Phi) is 7.92. The molecule has 5 atom stereocenters. The van der Waals surface area contributed by atoms with Crippen molar-refractivity contribution in [2.24, 2.45) is 0 Å². The van der Waals surface area contributed by atoms with Gasteiger partial charge in [-0.05, 0) is 32.0 Å². The van der Waals surface area contributed by atoms with Crippen LogP contribution in [0.5, 0.6) is 0 Å². The summed E-state index contributed by atoms with van der Waals surface area (Å²) in [5.74, 6) is -4.67. The number of imide groups is 1. The summed E-state index contributed by atoms with van der Waals surface area (Å²) >= 11 is 0. The maximum absolute atomic E-state index is 13.4. The molecule has 12 heteroatoms. The van der Waals surface area contributed by atoms with Crippen molar-refractivity contribution in [2.45, 2.75) is 76.1 Å². The number of amides is 2. The molecule has 1 fully saturated rings. The molecule has 1 aromatic carbocycles. The topological polar surface area (TPSA) is 157 Å². The van der Waals surface area contributed by atoms with Gasteiger partial charge in [-0.2, -0.15) is 0 Å². The first-order chi connectivity index (χ1) is 17.1. The average molecular weight is 536 g/mol. The molecule has 2 aliphatic rings. The van der Waals surface area contributed by atoms with Crippen LogP contribution in [0.2, 0.25) is 25.7 Å². The van der Waals surface area contributed by atoms with Crippen LogP contribution in [-0.4, -0.2) is 95.4 Å². The largest absolute Gasteiger partial charge is 0.463 e. The van der Waals surface area contributed by atoms with E-state index >= 15 is 0 Å². The van der Waals surface area contributed by atoms with Crippen molar-refractivity contribution in [1.29, 1.82) is 0 Å². The molecule has 0 bridgehead atoms. The van der Waals surface area contributed by atoms with Crippen molar-refractivity contribution < 1.29 is 48.4 Å². The minimum atomic E-state index is -3.06. The molecule has 11 nitrogen and oxygen atoms in total. The lowest BCUT2D eigenvalue weighted by atomic mass is 9.67. The molecule has 2 N–H and O–H groups in total. The van der Waals surface area contributed by atoms with Crippen molar-refractivity contribution >= 4 is 37.4 Å². The van der Waals surface area contributed by atoms with E-state index in [1.54, 1.807) is 12.1 Å². The van der Waals surface area contributed by atoms with E-state index in [0.717, 1.165) is 20.8 Å². The van der Waals surface area contributed by atoms with E-state index in [1.807, 2.05) is 0 Å². The first-order valence-electron chi connectivity index (χ1n) is 11.9. The van der Waals surface area contributed by atoms with E-state index < -0.39 is 73.7 Å². The molecular formula is C25H33NO10Si. The van der Waals surface area contributed by atoms with Crippen molar-refractivity contribution in [3.05, 3.63) is 35.4 Å². The van der Waals surface area contributed by atoms with Gasteiger partial charge in [0.05, 0.1) is 11.1 Å². The predicted octanol–water partition coefficient (Wildman–Crippen LogP) is 0.934. The second-order valence-electron chi connectivity index (χ2n) is 10.6. The van der Waals surface area contributed by atoms with Gasteiger partial charge in [0, 0.05) is 21.6 Å². The van der Waals surface area contributed by atoms with Crippen LogP contribution in [0.25, 0.3) is 0 Å². The number of benzene rings is 1. The Balaban J connectivity index is 2.19. The van der Waals surface area contributed by atoms with Crippen LogP contribution in [0.3, 0.4) is 0 Å². The highest BCUT2D eigenvalue weighted by atomic mass is 28.3. The number of Topliss-reactive ketones (excluding diaryl/α,β-unsaturated/α-hetero) is 2. The van der Waals surface area contributed by atoms with Gasteiger partial charge in [-0.3, -0.25) is 28.9 Å². The van der Waals surface area contributed by atoms with Crippen molar-refractivity contribution in [1.82, 2.24) is 4.90 Å². The maximum atomic E-state index is 13.4. The van der Waals surface area contributed by atoms with Gasteiger partial charge in [-0.15, -0.1) is 0 Å². The highest BCUT2D eigenvalue weighted by Gasteiger charge is 2.73. The molecule has 0 saturated carbocycles. The van der Waals surface area contributed by atoms with Gasteiger partial charge in [-0.25, -0.2) is 0 Å². The van der Waals surface area contributed by atoms with Gasteiger partial charge < -0.3 is 24.4 Å². The Morgan fingerprint density at radius 2 is 1.49 bits per heavy atom. The molecule has 3 rings (SSSR count). The number of carbonyl (C=O) groups is 5. The maximum Gasteiger partial charge on any atom is 0.302 e. The Bertz CT molecular complexity index is 1100. The molecule has 0 aliphatic carbocycles. The van der Waals surface area contributed by atoms with Crippen LogP contribution in [0.4, 0.5) is 0 Å². The van der Waals surface area contributed by atoms with E-state index in [0.29, 0.717) is 10.9 Å². The quantitative estimate of drug-likeness (QED) is 0.265. The zero-order valence-electron chi connectivity index (χ0n) is 21.8. The fourth-order valence-electron chi connectivity index (χ4n) is 4.71. The van der Waals surface area contributed by atoms with Crippen molar-refractivity contribution in [2.75, 3.05) is 13.2 Å². The highest BCUT2D eigenvalue weighted by Crippen LogP contribution is 2.45. The first kappa shape index (κ1) is 28.8. The minimum Gasteiger partial charge on any atom is -0.463 e. The number of carbonyl (C=O) groups excluding carboxylic acids is 5. The number of ketones is 2. The third-order valence-electron chi connectivity index (χ3n) is 6.78. The third kappa shape index (κ3) is 4.91. The summed E-state index contributed by atoms with van der Waals surface area (Å²) in [6.07, 6.45) is -3.38. The normalized spacial score (nSPS) is 29.7. The molecule has 0 unspecified atom stereocenters. The number of hydrogen-bond donors (Lipinski definition) is 2. The van der Waals surface area contributed by atoms with Gasteiger partial charge >= 0.3 is 5.97 Å². The number of nitrogens with zero attached hydrogens (tertiary/aromatic N) is 1. The molecule has 37 heavy (non-hydrogen) atoms. The van der Waals surface area contributed by atoms with E-state index in [9.17, 15) is 34.2 Å². The number of rotatable bonds is 9. The third-order valence-corrected chi connectivity index (χ3v) is 8.48. The minimum absolute atomic E-state index is 0.0210. The summed E-state index contributed by atoms with van der Waals surface area (Å²) in [5, 5.41) is 23.6. The van der Waals surface area contributed by atoms with Gasteiger partial charge in [0.1, 0.15) is 18.8 Å². The molecular weight excluding hydrogens is 502 g/mol. The van der Waals surface area contributed by atoms with Crippen molar-refractivity contribution in [3.8, 4) is 0 Å². The SMILES string of the molecule is CC(=O)OC[C@H]1O[C@@H](OCC[Si](C)(C)C)[C@H](N2C(=O)c3ccccc3C2=O)[C@](O)(C(C)=O)[C@]1(O)C(C)=O. The molecule has 2 heterocycles. The van der Waals surface area contributed by atoms with Crippen LogP contribution in [0.15, 0.2) is 24.3 Å². The van der Waals surface area contributed by atoms with E-state index in [2.05, 4.69) is 19.6 Å². The lowest BCUT2D eigenvalue weighted by Crippen LogP contribution is -2.82. The fourth-order valence-corrected chi connectivity index (χ4v) is 5.44.